The first-order valence-corrected chi connectivity index (χ1v) is 4.30. The Morgan fingerprint density at radius 1 is 1.67 bits per heavy atom. The van der Waals surface area contributed by atoms with E-state index in [0.29, 0.717) is 0 Å². The summed E-state index contributed by atoms with van der Waals surface area (Å²) >= 11 is 0. The van der Waals surface area contributed by atoms with Gasteiger partial charge in [0, 0.05) is 39.8 Å². The zero-order chi connectivity index (χ0) is 9.07. The third-order valence-corrected chi connectivity index (χ3v) is 1.62. The van der Waals surface area contributed by atoms with Gasteiger partial charge in [0.05, 0.1) is 0 Å². The number of hydrogen-bond acceptors (Lipinski definition) is 3. The maximum atomic E-state index is 10.6. The van der Waals surface area contributed by atoms with Crippen molar-refractivity contribution in [2.45, 2.75) is 0 Å². The molecule has 0 aromatic carbocycles. The van der Waals surface area contributed by atoms with Gasteiger partial charge in [-0.25, -0.2) is 0 Å². The fraction of sp³-hybridized carbons (Fsp3) is 0.400. The van der Waals surface area contributed by atoms with E-state index in [1.54, 1.807) is 0 Å². The molecule has 0 saturated carbocycles. The van der Waals surface area contributed by atoms with Crippen LogP contribution in [0.25, 0.3) is 0 Å². The van der Waals surface area contributed by atoms with Crippen molar-refractivity contribution in [3.63, 3.8) is 0 Å². The zero-order valence-corrected chi connectivity index (χ0v) is 10.3. The van der Waals surface area contributed by atoms with Crippen molar-refractivity contribution >= 4 is 16.0 Å². The fourth-order valence-electron chi connectivity index (χ4n) is 0.464. The van der Waals surface area contributed by atoms with Crippen molar-refractivity contribution in [1.82, 2.24) is 4.90 Å². The second-order valence-corrected chi connectivity index (χ2v) is 3.37. The number of nitrogens with zero attached hydrogens (tertiary/aromatic N) is 1. The first kappa shape index (κ1) is 14.7. The molecule has 1 amide bonds. The topological polar surface area (TPSA) is 74.7 Å². The summed E-state index contributed by atoms with van der Waals surface area (Å²) in [5, 5.41) is 0. The molecule has 0 rings (SSSR count). The fourth-order valence-corrected chi connectivity index (χ4v) is 1.08. The minimum absolute atomic E-state index is 0. The van der Waals surface area contributed by atoms with E-state index in [0.717, 1.165) is 11.0 Å². The Kier molecular flexibility index (Phi) is 7.12. The van der Waals surface area contributed by atoms with E-state index >= 15 is 0 Å². The Morgan fingerprint density at radius 2 is 2.08 bits per heavy atom. The third-order valence-electron chi connectivity index (χ3n) is 0.908. The van der Waals surface area contributed by atoms with Gasteiger partial charge in [-0.3, -0.25) is 9.35 Å². The molecule has 0 aliphatic heterocycles. The molecule has 1 N–H and O–H groups in total. The Labute approximate surface area is 96.4 Å². The quantitative estimate of drug-likeness (QED) is 0.551. The monoisotopic (exact) mass is 268 g/mol. The normalized spacial score (nSPS) is 9.83. The molecule has 0 aliphatic rings. The number of likely N-dealkylation sites (N-methyl/N-ethyl adjacent to an activating group) is 1. The van der Waals surface area contributed by atoms with Crippen molar-refractivity contribution in [3.05, 3.63) is 12.7 Å². The van der Waals surface area contributed by atoms with Gasteiger partial charge in [0.15, 0.2) is 0 Å². The van der Waals surface area contributed by atoms with Gasteiger partial charge in [-0.2, -0.15) is 8.42 Å². The molecule has 0 fully saturated rings. The van der Waals surface area contributed by atoms with E-state index in [-0.39, 0.29) is 32.7 Å². The smallest absolute Gasteiger partial charge is 0.283 e. The first-order chi connectivity index (χ1) is 4.87. The molecule has 67 valence electrons. The predicted octanol–water partition coefficient (Wildman–Crippen LogP) is -0.526. The van der Waals surface area contributed by atoms with E-state index in [4.69, 9.17) is 4.55 Å². The van der Waals surface area contributed by atoms with Crippen molar-refractivity contribution in [3.8, 4) is 0 Å². The summed E-state index contributed by atoms with van der Waals surface area (Å²) in [4.78, 5) is 11.5. The summed E-state index contributed by atoms with van der Waals surface area (Å²) in [5.74, 6) is -1.26. The van der Waals surface area contributed by atoms with Crippen LogP contribution in [0.3, 0.4) is 0 Å². The molecule has 0 aromatic heterocycles. The van der Waals surface area contributed by atoms with E-state index in [1.807, 2.05) is 0 Å². The Morgan fingerprint density at radius 3 is 2.33 bits per heavy atom. The van der Waals surface area contributed by atoms with Crippen molar-refractivity contribution in [2.75, 3.05) is 12.9 Å². The molecule has 12 heavy (non-hydrogen) atoms. The zero-order valence-electron chi connectivity index (χ0n) is 6.60. The molecule has 0 bridgehead atoms. The number of carbonyl (C=O) groups excluding carboxylic acids is 1. The minimum atomic E-state index is -4.12. The van der Waals surface area contributed by atoms with E-state index < -0.39 is 21.9 Å². The van der Waals surface area contributed by atoms with Gasteiger partial charge in [-0.05, 0) is 6.08 Å². The first-order valence-electron chi connectivity index (χ1n) is 2.69. The largest absolute Gasteiger partial charge is 0.326 e. The summed E-state index contributed by atoms with van der Waals surface area (Å²) in [6, 6.07) is 0. The van der Waals surface area contributed by atoms with E-state index in [1.165, 1.54) is 7.05 Å². The summed E-state index contributed by atoms with van der Waals surface area (Å²) in [6.07, 6.45) is 0.963. The number of rotatable bonds is 3. The maximum Gasteiger partial charge on any atom is 0.283 e. The maximum absolute atomic E-state index is 10.6. The van der Waals surface area contributed by atoms with Crippen LogP contribution in [-0.2, 0) is 47.6 Å². The summed E-state index contributed by atoms with van der Waals surface area (Å²) in [5.41, 5.74) is 0. The van der Waals surface area contributed by atoms with Crippen LogP contribution >= 0.6 is 0 Å². The molecule has 7 heteroatoms. The molecule has 5 nitrogen and oxygen atoms in total. The Bertz CT molecular complexity index is 261. The second kappa shape index (κ2) is 5.80. The van der Waals surface area contributed by atoms with Gasteiger partial charge in [-0.15, -0.1) is 0 Å². The second-order valence-electron chi connectivity index (χ2n) is 1.95. The summed E-state index contributed by atoms with van der Waals surface area (Å²) < 4.78 is 28.7. The Balaban J connectivity index is 0. The standard InChI is InChI=1S/C5H9NO4S.Y/c1-3-5(7)6(2)4-11(8,9)10;/h3H,1,4H2,2H3,(H,8,9,10);. The van der Waals surface area contributed by atoms with Crippen LogP contribution < -0.4 is 0 Å². The number of hydrogen-bond donors (Lipinski definition) is 1. The van der Waals surface area contributed by atoms with Crippen LogP contribution in [0.1, 0.15) is 0 Å². The SMILES string of the molecule is C=CC(=O)N(C)CS(=O)(=O)O.[Y]. The summed E-state index contributed by atoms with van der Waals surface area (Å²) in [7, 11) is -2.87. The molecule has 0 aliphatic carbocycles. The van der Waals surface area contributed by atoms with Crippen LogP contribution in [0.4, 0.5) is 0 Å². The van der Waals surface area contributed by atoms with Crippen LogP contribution in [-0.4, -0.2) is 36.7 Å². The van der Waals surface area contributed by atoms with Crippen molar-refractivity contribution < 1.29 is 50.5 Å². The van der Waals surface area contributed by atoms with Gasteiger partial charge in [0.2, 0.25) is 5.91 Å². The van der Waals surface area contributed by atoms with Crippen LogP contribution in [0.15, 0.2) is 12.7 Å². The van der Waals surface area contributed by atoms with Crippen LogP contribution in [0, 0.1) is 0 Å². The number of carbonyl (C=O) groups is 1. The third kappa shape index (κ3) is 6.90. The number of amides is 1. The van der Waals surface area contributed by atoms with Gasteiger partial charge in [-0.1, -0.05) is 6.58 Å². The summed E-state index contributed by atoms with van der Waals surface area (Å²) in [6.45, 7) is 3.14. The molecule has 0 unspecified atom stereocenters. The molecule has 0 saturated heterocycles. The van der Waals surface area contributed by atoms with Crippen molar-refractivity contribution in [1.29, 1.82) is 0 Å². The van der Waals surface area contributed by atoms with Gasteiger partial charge in [0.25, 0.3) is 10.1 Å². The molecule has 0 heterocycles. The molecular formula is C5H9NO4SY. The molecule has 0 atom stereocenters. The molecule has 1 radical (unpaired) electrons. The average Bonchev–Trinajstić information content (AvgIpc) is 1.82. The van der Waals surface area contributed by atoms with Gasteiger partial charge in [0.1, 0.15) is 5.88 Å². The molecule has 0 aromatic rings. The Hall–Kier alpha value is 0.224. The predicted molar refractivity (Wildman–Crippen MR) is 39.4 cm³/mol. The van der Waals surface area contributed by atoms with Gasteiger partial charge < -0.3 is 4.90 Å². The van der Waals surface area contributed by atoms with Crippen molar-refractivity contribution in [2.24, 2.45) is 0 Å². The van der Waals surface area contributed by atoms with Crippen LogP contribution in [0.2, 0.25) is 0 Å². The minimum Gasteiger partial charge on any atom is -0.326 e. The van der Waals surface area contributed by atoms with E-state index in [9.17, 15) is 13.2 Å². The van der Waals surface area contributed by atoms with E-state index in [2.05, 4.69) is 6.58 Å². The van der Waals surface area contributed by atoms with Gasteiger partial charge >= 0.3 is 0 Å². The molecular weight excluding hydrogens is 259 g/mol. The molecule has 0 spiro atoms. The van der Waals surface area contributed by atoms with Crippen LogP contribution in [0.5, 0.6) is 0 Å². The average molecular weight is 268 g/mol.